The van der Waals surface area contributed by atoms with Gasteiger partial charge in [0.2, 0.25) is 5.91 Å². The van der Waals surface area contributed by atoms with Gasteiger partial charge in [-0.15, -0.1) is 11.6 Å². The Morgan fingerprint density at radius 2 is 2.19 bits per heavy atom. The number of imidazole rings is 1. The fraction of sp³-hybridized carbons (Fsp3) is 0.429. The van der Waals surface area contributed by atoms with Crippen LogP contribution in [0.25, 0.3) is 11.0 Å². The zero-order valence-corrected chi connectivity index (χ0v) is 12.5. The number of hydrogen-bond donors (Lipinski definition) is 1. The molecule has 0 radical (unpaired) electrons. The number of halogens is 3. The molecule has 7 heteroatoms. The van der Waals surface area contributed by atoms with Crippen LogP contribution in [0, 0.1) is 11.6 Å². The number of fused-ring (bicyclic) bond motifs is 1. The second-order valence-electron chi connectivity index (χ2n) is 4.66. The highest BCUT2D eigenvalue weighted by atomic mass is 35.5. The van der Waals surface area contributed by atoms with Crippen molar-refractivity contribution in [2.75, 3.05) is 12.4 Å². The third kappa shape index (κ3) is 3.00. The van der Waals surface area contributed by atoms with Gasteiger partial charge in [0.1, 0.15) is 23.2 Å². The number of nitrogens with one attached hydrogen (secondary N) is 1. The summed E-state index contributed by atoms with van der Waals surface area (Å²) in [5.41, 5.74) is 0.305. The summed E-state index contributed by atoms with van der Waals surface area (Å²) in [6.45, 7) is 3.94. The largest absolute Gasteiger partial charge is 0.355 e. The Morgan fingerprint density at radius 3 is 2.81 bits per heavy atom. The topological polar surface area (TPSA) is 46.9 Å². The summed E-state index contributed by atoms with van der Waals surface area (Å²) >= 11 is 5.73. The van der Waals surface area contributed by atoms with Crippen molar-refractivity contribution in [3.63, 3.8) is 0 Å². The van der Waals surface area contributed by atoms with Crippen molar-refractivity contribution >= 4 is 28.5 Å². The van der Waals surface area contributed by atoms with Gasteiger partial charge in [-0.25, -0.2) is 13.8 Å². The lowest BCUT2D eigenvalue weighted by Gasteiger charge is -2.16. The Bertz CT molecular complexity index is 672. The molecular weight excluding hydrogens is 300 g/mol. The van der Waals surface area contributed by atoms with Gasteiger partial charge in [-0.05, 0) is 13.8 Å². The van der Waals surface area contributed by atoms with Gasteiger partial charge in [0, 0.05) is 31.0 Å². The van der Waals surface area contributed by atoms with E-state index in [1.165, 1.54) is 10.6 Å². The Kier molecular flexibility index (Phi) is 4.77. The lowest BCUT2D eigenvalue weighted by molar-refractivity contribution is -0.123. The van der Waals surface area contributed by atoms with Gasteiger partial charge >= 0.3 is 0 Å². The molecule has 114 valence electrons. The van der Waals surface area contributed by atoms with E-state index in [2.05, 4.69) is 10.3 Å². The molecule has 2 aromatic rings. The number of carbonyl (C=O) groups excluding carboxylic acids is 1. The first-order chi connectivity index (χ1) is 9.99. The summed E-state index contributed by atoms with van der Waals surface area (Å²) in [7, 11) is 0. The van der Waals surface area contributed by atoms with E-state index < -0.39 is 17.7 Å². The zero-order chi connectivity index (χ0) is 15.6. The number of alkyl halides is 1. The molecule has 21 heavy (non-hydrogen) atoms. The van der Waals surface area contributed by atoms with E-state index in [9.17, 15) is 13.6 Å². The van der Waals surface area contributed by atoms with Crippen LogP contribution in [0.1, 0.15) is 25.7 Å². The quantitative estimate of drug-likeness (QED) is 0.862. The standard InChI is InChI=1S/C14H16ClF2N3O/c1-3-18-14(21)8(2)20-11-7-9(16)6-10(17)13(11)19-12(20)4-5-15/h6-8H,3-5H2,1-2H3,(H,18,21). The number of aromatic nitrogens is 2. The molecule has 0 aliphatic rings. The van der Waals surface area contributed by atoms with E-state index in [4.69, 9.17) is 11.6 Å². The molecule has 1 amide bonds. The van der Waals surface area contributed by atoms with Gasteiger partial charge < -0.3 is 9.88 Å². The van der Waals surface area contributed by atoms with Crippen LogP contribution in [-0.2, 0) is 11.2 Å². The molecule has 1 N–H and O–H groups in total. The van der Waals surface area contributed by atoms with Gasteiger partial charge in [0.15, 0.2) is 5.82 Å². The van der Waals surface area contributed by atoms with E-state index in [0.717, 1.165) is 6.07 Å². The summed E-state index contributed by atoms with van der Waals surface area (Å²) in [5.74, 6) is -0.958. The lowest BCUT2D eigenvalue weighted by atomic mass is 10.2. The first kappa shape index (κ1) is 15.7. The Balaban J connectivity index is 2.63. The fourth-order valence-electron chi connectivity index (χ4n) is 2.30. The summed E-state index contributed by atoms with van der Waals surface area (Å²) in [6.07, 6.45) is 0.362. The van der Waals surface area contributed by atoms with Crippen molar-refractivity contribution in [3.8, 4) is 0 Å². The molecule has 0 saturated heterocycles. The van der Waals surface area contributed by atoms with Crippen molar-refractivity contribution in [1.29, 1.82) is 0 Å². The van der Waals surface area contributed by atoms with Crippen molar-refractivity contribution in [2.24, 2.45) is 0 Å². The minimum Gasteiger partial charge on any atom is -0.355 e. The number of amides is 1. The smallest absolute Gasteiger partial charge is 0.242 e. The summed E-state index contributed by atoms with van der Waals surface area (Å²) in [5, 5.41) is 2.69. The maximum absolute atomic E-state index is 13.8. The normalized spacial score (nSPS) is 12.6. The van der Waals surface area contributed by atoms with Crippen molar-refractivity contribution < 1.29 is 13.6 Å². The van der Waals surface area contributed by atoms with Crippen LogP contribution in [0.4, 0.5) is 8.78 Å². The monoisotopic (exact) mass is 315 g/mol. The molecule has 0 bridgehead atoms. The van der Waals surface area contributed by atoms with Crippen LogP contribution >= 0.6 is 11.6 Å². The average Bonchev–Trinajstić information content (AvgIpc) is 2.77. The van der Waals surface area contributed by atoms with Crippen LogP contribution in [0.3, 0.4) is 0 Å². The van der Waals surface area contributed by atoms with E-state index in [1.54, 1.807) is 13.8 Å². The van der Waals surface area contributed by atoms with Crippen LogP contribution in [0.2, 0.25) is 0 Å². The minimum atomic E-state index is -0.748. The second-order valence-corrected chi connectivity index (χ2v) is 5.04. The highest BCUT2D eigenvalue weighted by molar-refractivity contribution is 6.17. The fourth-order valence-corrected chi connectivity index (χ4v) is 2.47. The van der Waals surface area contributed by atoms with Gasteiger partial charge in [-0.2, -0.15) is 0 Å². The predicted molar refractivity (Wildman–Crippen MR) is 77.5 cm³/mol. The van der Waals surface area contributed by atoms with E-state index >= 15 is 0 Å². The third-order valence-electron chi connectivity index (χ3n) is 3.22. The lowest BCUT2D eigenvalue weighted by Crippen LogP contribution is -2.31. The molecule has 1 aromatic carbocycles. The van der Waals surface area contributed by atoms with Gasteiger partial charge in [-0.1, -0.05) is 0 Å². The highest BCUT2D eigenvalue weighted by Gasteiger charge is 2.23. The SMILES string of the molecule is CCNC(=O)C(C)n1c(CCCl)nc2c(F)cc(F)cc21. The summed E-state index contributed by atoms with van der Waals surface area (Å²) in [6, 6.07) is 1.33. The van der Waals surface area contributed by atoms with E-state index in [0.29, 0.717) is 18.8 Å². The Morgan fingerprint density at radius 1 is 1.48 bits per heavy atom. The molecule has 0 aliphatic carbocycles. The first-order valence-corrected chi connectivity index (χ1v) is 7.22. The molecule has 1 atom stereocenters. The highest BCUT2D eigenvalue weighted by Crippen LogP contribution is 2.25. The number of carbonyl (C=O) groups is 1. The van der Waals surface area contributed by atoms with Crippen molar-refractivity contribution in [1.82, 2.24) is 14.9 Å². The molecule has 2 rings (SSSR count). The molecule has 0 aliphatic heterocycles. The van der Waals surface area contributed by atoms with Crippen molar-refractivity contribution in [2.45, 2.75) is 26.3 Å². The van der Waals surface area contributed by atoms with Gasteiger partial charge in [0.25, 0.3) is 0 Å². The average molecular weight is 316 g/mol. The third-order valence-corrected chi connectivity index (χ3v) is 3.41. The molecule has 4 nitrogen and oxygen atoms in total. The Labute approximate surface area is 126 Å². The number of nitrogens with zero attached hydrogens (tertiary/aromatic N) is 2. The first-order valence-electron chi connectivity index (χ1n) is 6.69. The van der Waals surface area contributed by atoms with Gasteiger partial charge in [0.05, 0.1) is 5.52 Å². The van der Waals surface area contributed by atoms with Crippen LogP contribution in [0.5, 0.6) is 0 Å². The molecule has 0 spiro atoms. The minimum absolute atomic E-state index is 0.0488. The second kappa shape index (κ2) is 6.39. The maximum atomic E-state index is 13.8. The molecule has 1 unspecified atom stereocenters. The molecule has 0 saturated carbocycles. The number of hydrogen-bond acceptors (Lipinski definition) is 2. The van der Waals surface area contributed by atoms with Crippen LogP contribution in [-0.4, -0.2) is 27.9 Å². The molecule has 1 heterocycles. The van der Waals surface area contributed by atoms with Gasteiger partial charge in [-0.3, -0.25) is 4.79 Å². The zero-order valence-electron chi connectivity index (χ0n) is 11.8. The van der Waals surface area contributed by atoms with Crippen LogP contribution in [0.15, 0.2) is 12.1 Å². The molecule has 0 fully saturated rings. The molecular formula is C14H16ClF2N3O. The number of benzene rings is 1. The summed E-state index contributed by atoms with van der Waals surface area (Å²) < 4.78 is 28.9. The summed E-state index contributed by atoms with van der Waals surface area (Å²) in [4.78, 5) is 16.2. The number of aryl methyl sites for hydroxylation is 1. The predicted octanol–water partition coefficient (Wildman–Crippen LogP) is 2.79. The van der Waals surface area contributed by atoms with E-state index in [-0.39, 0.29) is 22.8 Å². The van der Waals surface area contributed by atoms with E-state index in [1.807, 2.05) is 0 Å². The number of rotatable bonds is 5. The van der Waals surface area contributed by atoms with Crippen molar-refractivity contribution in [3.05, 3.63) is 29.6 Å². The van der Waals surface area contributed by atoms with Crippen LogP contribution < -0.4 is 5.32 Å². The molecule has 1 aromatic heterocycles. The Hall–Kier alpha value is -1.69. The maximum Gasteiger partial charge on any atom is 0.242 e. The number of likely N-dealkylation sites (N-methyl/N-ethyl adjacent to an activating group) is 1.